The first kappa shape index (κ1) is 26.7. The Labute approximate surface area is 207 Å². The van der Waals surface area contributed by atoms with E-state index in [-0.39, 0.29) is 23.2 Å². The molecule has 3 rings (SSSR count). The van der Waals surface area contributed by atoms with Gasteiger partial charge in [0.15, 0.2) is 0 Å². The molecular formula is C24H29ClF3N3O2S. The molecule has 0 aliphatic carbocycles. The molecule has 0 bridgehead atoms. The average Bonchev–Trinajstić information content (AvgIpc) is 2.82. The summed E-state index contributed by atoms with van der Waals surface area (Å²) in [6, 6.07) is 12.4. The molecule has 1 fully saturated rings. The Morgan fingerprint density at radius 1 is 1.26 bits per heavy atom. The van der Waals surface area contributed by atoms with Gasteiger partial charge in [-0.05, 0) is 67.6 Å². The molecule has 1 saturated heterocycles. The lowest BCUT2D eigenvalue weighted by atomic mass is 9.98. The molecule has 1 heterocycles. The number of hydrogen-bond acceptors (Lipinski definition) is 5. The highest BCUT2D eigenvalue weighted by Gasteiger charge is 2.32. The predicted molar refractivity (Wildman–Crippen MR) is 130 cm³/mol. The van der Waals surface area contributed by atoms with Crippen LogP contribution >= 0.6 is 23.5 Å². The van der Waals surface area contributed by atoms with Crippen molar-refractivity contribution in [1.29, 1.82) is 0 Å². The SMILES string of the molecule is COCCNCC1CCCN(C(=O)CN(Sc2ccccc2)c2cc(C(F)(F)F)ccc2Cl)C1. The van der Waals surface area contributed by atoms with Crippen LogP contribution in [0, 0.1) is 5.92 Å². The van der Waals surface area contributed by atoms with Crippen LogP contribution in [0.5, 0.6) is 0 Å². The first-order valence-corrected chi connectivity index (χ1v) is 12.3. The van der Waals surface area contributed by atoms with Crippen molar-refractivity contribution in [2.45, 2.75) is 23.9 Å². The fourth-order valence-electron chi connectivity index (χ4n) is 3.82. The van der Waals surface area contributed by atoms with Gasteiger partial charge < -0.3 is 19.3 Å². The number of piperidine rings is 1. The van der Waals surface area contributed by atoms with Crippen LogP contribution in [0.15, 0.2) is 53.4 Å². The highest BCUT2D eigenvalue weighted by molar-refractivity contribution is 8.00. The lowest BCUT2D eigenvalue weighted by molar-refractivity contribution is -0.137. The fraction of sp³-hybridized carbons (Fsp3) is 0.458. The highest BCUT2D eigenvalue weighted by atomic mass is 35.5. The molecular weight excluding hydrogens is 487 g/mol. The number of anilines is 1. The second-order valence-corrected chi connectivity index (χ2v) is 9.65. The smallest absolute Gasteiger partial charge is 0.383 e. The molecule has 1 aliphatic rings. The zero-order valence-corrected chi connectivity index (χ0v) is 20.6. The van der Waals surface area contributed by atoms with E-state index in [1.165, 1.54) is 18.0 Å². The Morgan fingerprint density at radius 3 is 2.74 bits per heavy atom. The summed E-state index contributed by atoms with van der Waals surface area (Å²) in [6.07, 6.45) is -2.60. The summed E-state index contributed by atoms with van der Waals surface area (Å²) >= 11 is 7.51. The molecule has 1 unspecified atom stereocenters. The van der Waals surface area contributed by atoms with E-state index in [1.54, 1.807) is 16.3 Å². The molecule has 5 nitrogen and oxygen atoms in total. The minimum absolute atomic E-state index is 0.0928. The lowest BCUT2D eigenvalue weighted by Crippen LogP contribution is -2.46. The zero-order valence-electron chi connectivity index (χ0n) is 19.0. The number of methoxy groups -OCH3 is 1. The molecule has 186 valence electrons. The number of rotatable bonds is 10. The van der Waals surface area contributed by atoms with Crippen molar-refractivity contribution in [2.24, 2.45) is 5.92 Å². The molecule has 34 heavy (non-hydrogen) atoms. The Balaban J connectivity index is 1.76. The van der Waals surface area contributed by atoms with Crippen molar-refractivity contribution in [2.75, 3.05) is 50.7 Å². The largest absolute Gasteiger partial charge is 0.416 e. The molecule has 1 amide bonds. The molecule has 1 atom stereocenters. The van der Waals surface area contributed by atoms with Gasteiger partial charge in [-0.3, -0.25) is 4.79 Å². The molecule has 2 aromatic rings. The van der Waals surface area contributed by atoms with Gasteiger partial charge in [-0.2, -0.15) is 13.2 Å². The number of alkyl halides is 3. The van der Waals surface area contributed by atoms with E-state index in [4.69, 9.17) is 16.3 Å². The van der Waals surface area contributed by atoms with E-state index in [1.807, 2.05) is 30.3 Å². The number of hydrogen-bond donors (Lipinski definition) is 1. The van der Waals surface area contributed by atoms with Gasteiger partial charge in [0, 0.05) is 31.6 Å². The van der Waals surface area contributed by atoms with E-state index < -0.39 is 11.7 Å². The summed E-state index contributed by atoms with van der Waals surface area (Å²) in [5.74, 6) is 0.181. The van der Waals surface area contributed by atoms with Crippen molar-refractivity contribution in [3.05, 3.63) is 59.1 Å². The van der Waals surface area contributed by atoms with Gasteiger partial charge in [-0.1, -0.05) is 29.8 Å². The minimum atomic E-state index is -4.51. The number of ether oxygens (including phenoxy) is 1. The fourth-order valence-corrected chi connectivity index (χ4v) is 5.04. The van der Waals surface area contributed by atoms with Gasteiger partial charge in [0.1, 0.15) is 6.54 Å². The third-order valence-electron chi connectivity index (χ3n) is 5.57. The number of carbonyl (C=O) groups is 1. The molecule has 1 aliphatic heterocycles. The van der Waals surface area contributed by atoms with Crippen LogP contribution in [-0.2, 0) is 15.7 Å². The second-order valence-electron chi connectivity index (χ2n) is 8.15. The maximum absolute atomic E-state index is 13.4. The maximum atomic E-state index is 13.4. The van der Waals surface area contributed by atoms with Crippen molar-refractivity contribution in [3.63, 3.8) is 0 Å². The normalized spacial score (nSPS) is 16.5. The van der Waals surface area contributed by atoms with Gasteiger partial charge in [-0.25, -0.2) is 0 Å². The summed E-state index contributed by atoms with van der Waals surface area (Å²) < 4.78 is 46.7. The third-order valence-corrected chi connectivity index (χ3v) is 6.92. The van der Waals surface area contributed by atoms with Crippen LogP contribution in [0.2, 0.25) is 5.02 Å². The van der Waals surface area contributed by atoms with Crippen molar-refractivity contribution in [1.82, 2.24) is 10.2 Å². The van der Waals surface area contributed by atoms with E-state index in [0.29, 0.717) is 25.6 Å². The molecule has 0 aromatic heterocycles. The monoisotopic (exact) mass is 515 g/mol. The van der Waals surface area contributed by atoms with Crippen LogP contribution in [0.3, 0.4) is 0 Å². The minimum Gasteiger partial charge on any atom is -0.383 e. The van der Waals surface area contributed by atoms with Gasteiger partial charge in [0.2, 0.25) is 5.91 Å². The molecule has 0 saturated carbocycles. The molecule has 0 spiro atoms. The van der Waals surface area contributed by atoms with E-state index in [0.717, 1.165) is 43.0 Å². The Morgan fingerprint density at radius 2 is 2.03 bits per heavy atom. The summed E-state index contributed by atoms with van der Waals surface area (Å²) in [5.41, 5.74) is -0.647. The standard InChI is InChI=1S/C24H29ClF3N3O2S/c1-33-13-11-29-15-18-6-5-12-30(16-18)23(32)17-31(34-20-7-3-2-4-8-20)22-14-19(24(26,27)28)9-10-21(22)25/h2-4,7-10,14,18,29H,5-6,11-13,15-17H2,1H3. The Hall–Kier alpha value is -1.94. The maximum Gasteiger partial charge on any atom is 0.416 e. The topological polar surface area (TPSA) is 44.8 Å². The number of likely N-dealkylation sites (tertiary alicyclic amines) is 1. The lowest BCUT2D eigenvalue weighted by Gasteiger charge is -2.35. The first-order chi connectivity index (χ1) is 16.3. The molecule has 1 N–H and O–H groups in total. The number of nitrogens with zero attached hydrogens (tertiary/aromatic N) is 2. The van der Waals surface area contributed by atoms with Crippen molar-refractivity contribution >= 4 is 35.1 Å². The number of halogens is 4. The summed E-state index contributed by atoms with van der Waals surface area (Å²) in [4.78, 5) is 15.8. The van der Waals surface area contributed by atoms with Crippen molar-refractivity contribution < 1.29 is 22.7 Å². The van der Waals surface area contributed by atoms with E-state index in [9.17, 15) is 18.0 Å². The number of nitrogens with one attached hydrogen (secondary N) is 1. The summed E-state index contributed by atoms with van der Waals surface area (Å²) in [5, 5.41) is 3.50. The van der Waals surface area contributed by atoms with Gasteiger partial charge in [-0.15, -0.1) is 0 Å². The Bertz CT molecular complexity index is 933. The van der Waals surface area contributed by atoms with Crippen LogP contribution in [0.1, 0.15) is 18.4 Å². The van der Waals surface area contributed by atoms with E-state index >= 15 is 0 Å². The Kier molecular flexibility index (Phi) is 9.94. The second kappa shape index (κ2) is 12.7. The van der Waals surface area contributed by atoms with Crippen molar-refractivity contribution in [3.8, 4) is 0 Å². The van der Waals surface area contributed by atoms with Crippen LogP contribution < -0.4 is 9.62 Å². The summed E-state index contributed by atoms with van der Waals surface area (Å²) in [7, 11) is 1.65. The van der Waals surface area contributed by atoms with Crippen LogP contribution in [0.25, 0.3) is 0 Å². The number of benzene rings is 2. The number of carbonyl (C=O) groups excluding carboxylic acids is 1. The molecule has 0 radical (unpaired) electrons. The quantitative estimate of drug-likeness (QED) is 0.341. The summed E-state index contributed by atoms with van der Waals surface area (Å²) in [6.45, 7) is 3.31. The highest BCUT2D eigenvalue weighted by Crippen LogP contribution is 2.39. The average molecular weight is 516 g/mol. The van der Waals surface area contributed by atoms with Crippen LogP contribution in [-0.4, -0.2) is 57.2 Å². The number of amides is 1. The van der Waals surface area contributed by atoms with Gasteiger partial charge >= 0.3 is 6.18 Å². The van der Waals surface area contributed by atoms with Gasteiger partial charge in [0.05, 0.1) is 22.9 Å². The van der Waals surface area contributed by atoms with Gasteiger partial charge in [0.25, 0.3) is 0 Å². The van der Waals surface area contributed by atoms with Crippen LogP contribution in [0.4, 0.5) is 18.9 Å². The first-order valence-electron chi connectivity index (χ1n) is 11.1. The third kappa shape index (κ3) is 7.80. The zero-order chi connectivity index (χ0) is 24.6. The molecule has 2 aromatic carbocycles. The predicted octanol–water partition coefficient (Wildman–Crippen LogP) is 5.35. The molecule has 10 heteroatoms. The van der Waals surface area contributed by atoms with E-state index in [2.05, 4.69) is 5.32 Å².